The molecular weight excluding hydrogens is 406 g/mol. The van der Waals surface area contributed by atoms with E-state index in [2.05, 4.69) is 10.3 Å². The minimum atomic E-state index is -0.819. The number of thiophene rings is 1. The number of hydrogen-bond acceptors (Lipinski definition) is 4. The first-order valence-electron chi connectivity index (χ1n) is 9.89. The summed E-state index contributed by atoms with van der Waals surface area (Å²) in [5, 5.41) is 4.90. The average molecular weight is 428 g/mol. The van der Waals surface area contributed by atoms with Crippen molar-refractivity contribution in [2.75, 3.05) is 4.90 Å². The molecule has 5 nitrogen and oxygen atoms in total. The zero-order valence-corrected chi connectivity index (χ0v) is 17.5. The van der Waals surface area contributed by atoms with Crippen LogP contribution in [0.1, 0.15) is 27.0 Å². The number of amides is 2. The molecule has 0 bridgehead atoms. The molecule has 6 heteroatoms. The smallest absolute Gasteiger partial charge is 0.277 e. The van der Waals surface area contributed by atoms with Crippen LogP contribution in [0.15, 0.2) is 103 Å². The van der Waals surface area contributed by atoms with Gasteiger partial charge in [0.1, 0.15) is 5.69 Å². The summed E-state index contributed by atoms with van der Waals surface area (Å²) in [6.07, 6.45) is 1.58. The first kappa shape index (κ1) is 20.5. The Hall–Kier alpha value is -3.77. The average Bonchev–Trinajstić information content (AvgIpc) is 3.37. The van der Waals surface area contributed by atoms with Gasteiger partial charge in [0.25, 0.3) is 5.91 Å². The van der Waals surface area contributed by atoms with Gasteiger partial charge >= 0.3 is 0 Å². The second kappa shape index (κ2) is 9.82. The van der Waals surface area contributed by atoms with E-state index in [1.54, 1.807) is 24.4 Å². The molecule has 0 fully saturated rings. The summed E-state index contributed by atoms with van der Waals surface area (Å²) in [6, 6.07) is 27.0. The maximum absolute atomic E-state index is 13.5. The molecule has 2 amide bonds. The van der Waals surface area contributed by atoms with Crippen molar-refractivity contribution in [2.24, 2.45) is 0 Å². The number of benzene rings is 2. The Labute approximate surface area is 185 Å². The van der Waals surface area contributed by atoms with Gasteiger partial charge in [0.05, 0.1) is 0 Å². The maximum Gasteiger partial charge on any atom is 0.277 e. The molecule has 0 spiro atoms. The van der Waals surface area contributed by atoms with E-state index in [1.807, 2.05) is 78.2 Å². The molecule has 0 aliphatic carbocycles. The number of hydrogen-bond donors (Lipinski definition) is 1. The summed E-state index contributed by atoms with van der Waals surface area (Å²) in [5.41, 5.74) is 1.90. The Morgan fingerprint density at radius 2 is 1.58 bits per heavy atom. The first-order chi connectivity index (χ1) is 15.2. The van der Waals surface area contributed by atoms with Crippen molar-refractivity contribution in [3.63, 3.8) is 0 Å². The monoisotopic (exact) mass is 427 g/mol. The number of rotatable bonds is 7. The van der Waals surface area contributed by atoms with E-state index in [0.29, 0.717) is 12.2 Å². The molecule has 4 aromatic rings. The van der Waals surface area contributed by atoms with Crippen LogP contribution in [0.25, 0.3) is 0 Å². The second-order valence-corrected chi connectivity index (χ2v) is 7.83. The van der Waals surface area contributed by atoms with Crippen molar-refractivity contribution < 1.29 is 9.59 Å². The van der Waals surface area contributed by atoms with E-state index < -0.39 is 6.04 Å². The SMILES string of the molecule is O=C(NCc1ccccc1)C(c1cccs1)N(C(=O)c1ccccn1)c1ccccc1. The van der Waals surface area contributed by atoms with Gasteiger partial charge in [-0.1, -0.05) is 60.7 Å². The molecule has 1 unspecified atom stereocenters. The molecule has 0 aliphatic rings. The maximum atomic E-state index is 13.5. The summed E-state index contributed by atoms with van der Waals surface area (Å²) in [7, 11) is 0. The summed E-state index contributed by atoms with van der Waals surface area (Å²) in [5.74, 6) is -0.584. The summed E-state index contributed by atoms with van der Waals surface area (Å²) in [6.45, 7) is 0.377. The van der Waals surface area contributed by atoms with Crippen LogP contribution in [0.4, 0.5) is 5.69 Å². The third-order valence-corrected chi connectivity index (χ3v) is 5.69. The molecule has 1 atom stereocenters. The molecule has 4 rings (SSSR count). The lowest BCUT2D eigenvalue weighted by Crippen LogP contribution is -2.43. The van der Waals surface area contributed by atoms with Crippen LogP contribution in [0.5, 0.6) is 0 Å². The van der Waals surface area contributed by atoms with Gasteiger partial charge in [0, 0.05) is 23.3 Å². The van der Waals surface area contributed by atoms with Crippen molar-refractivity contribution in [2.45, 2.75) is 12.6 Å². The largest absolute Gasteiger partial charge is 0.350 e. The number of nitrogens with one attached hydrogen (secondary N) is 1. The predicted molar refractivity (Wildman–Crippen MR) is 123 cm³/mol. The van der Waals surface area contributed by atoms with E-state index in [1.165, 1.54) is 16.2 Å². The summed E-state index contributed by atoms with van der Waals surface area (Å²) < 4.78 is 0. The number of anilines is 1. The molecule has 0 aliphatic heterocycles. The molecule has 2 aromatic heterocycles. The van der Waals surface area contributed by atoms with E-state index >= 15 is 0 Å². The molecular formula is C25H21N3O2S. The molecule has 31 heavy (non-hydrogen) atoms. The van der Waals surface area contributed by atoms with Crippen LogP contribution >= 0.6 is 11.3 Å². The fourth-order valence-electron chi connectivity index (χ4n) is 3.29. The van der Waals surface area contributed by atoms with Crippen LogP contribution < -0.4 is 10.2 Å². The van der Waals surface area contributed by atoms with E-state index in [9.17, 15) is 9.59 Å². The lowest BCUT2D eigenvalue weighted by atomic mass is 10.1. The van der Waals surface area contributed by atoms with Gasteiger partial charge in [-0.15, -0.1) is 11.3 Å². The first-order valence-corrected chi connectivity index (χ1v) is 10.8. The predicted octanol–water partition coefficient (Wildman–Crippen LogP) is 4.85. The normalized spacial score (nSPS) is 11.5. The van der Waals surface area contributed by atoms with Gasteiger partial charge in [-0.3, -0.25) is 19.5 Å². The number of carbonyl (C=O) groups excluding carboxylic acids is 2. The van der Waals surface area contributed by atoms with E-state index in [-0.39, 0.29) is 17.5 Å². The van der Waals surface area contributed by atoms with E-state index in [0.717, 1.165) is 10.4 Å². The minimum Gasteiger partial charge on any atom is -0.350 e. The lowest BCUT2D eigenvalue weighted by Gasteiger charge is -2.30. The van der Waals surface area contributed by atoms with E-state index in [4.69, 9.17) is 0 Å². The Morgan fingerprint density at radius 1 is 0.871 bits per heavy atom. The summed E-state index contributed by atoms with van der Waals surface area (Å²) in [4.78, 5) is 33.5. The lowest BCUT2D eigenvalue weighted by molar-refractivity contribution is -0.122. The molecule has 0 radical (unpaired) electrons. The number of carbonyl (C=O) groups is 2. The third kappa shape index (κ3) is 4.87. The zero-order valence-electron chi connectivity index (χ0n) is 16.7. The van der Waals surface area contributed by atoms with Crippen molar-refractivity contribution >= 4 is 28.8 Å². The van der Waals surface area contributed by atoms with Crippen molar-refractivity contribution in [3.8, 4) is 0 Å². The van der Waals surface area contributed by atoms with Crippen molar-refractivity contribution in [1.29, 1.82) is 0 Å². The van der Waals surface area contributed by atoms with Crippen LogP contribution in [-0.2, 0) is 11.3 Å². The topological polar surface area (TPSA) is 62.3 Å². The highest BCUT2D eigenvalue weighted by molar-refractivity contribution is 7.10. The molecule has 0 saturated heterocycles. The Balaban J connectivity index is 1.72. The van der Waals surface area contributed by atoms with Gasteiger partial charge in [-0.05, 0) is 41.3 Å². The van der Waals surface area contributed by atoms with Crippen LogP contribution in [-0.4, -0.2) is 16.8 Å². The minimum absolute atomic E-state index is 0.251. The van der Waals surface area contributed by atoms with Gasteiger partial charge in [0.15, 0.2) is 6.04 Å². The fraction of sp³-hybridized carbons (Fsp3) is 0.0800. The third-order valence-electron chi connectivity index (χ3n) is 4.77. The van der Waals surface area contributed by atoms with Crippen molar-refractivity contribution in [1.82, 2.24) is 10.3 Å². The second-order valence-electron chi connectivity index (χ2n) is 6.85. The molecule has 1 N–H and O–H groups in total. The number of aromatic nitrogens is 1. The molecule has 0 saturated carbocycles. The van der Waals surface area contributed by atoms with Gasteiger partial charge in [0.2, 0.25) is 5.91 Å². The summed E-state index contributed by atoms with van der Waals surface area (Å²) >= 11 is 1.44. The van der Waals surface area contributed by atoms with Crippen molar-refractivity contribution in [3.05, 3.63) is 119 Å². The fourth-order valence-corrected chi connectivity index (χ4v) is 4.10. The molecule has 154 valence electrons. The van der Waals surface area contributed by atoms with Gasteiger partial charge in [-0.2, -0.15) is 0 Å². The Kier molecular flexibility index (Phi) is 6.50. The highest BCUT2D eigenvalue weighted by Gasteiger charge is 2.34. The Bertz CT molecular complexity index is 1120. The molecule has 2 aromatic carbocycles. The number of pyridine rings is 1. The quantitative estimate of drug-likeness (QED) is 0.459. The Morgan fingerprint density at radius 3 is 2.23 bits per heavy atom. The number of para-hydroxylation sites is 1. The molecule has 2 heterocycles. The highest BCUT2D eigenvalue weighted by atomic mass is 32.1. The van der Waals surface area contributed by atoms with Gasteiger partial charge < -0.3 is 5.32 Å². The van der Waals surface area contributed by atoms with Gasteiger partial charge in [-0.25, -0.2) is 0 Å². The van der Waals surface area contributed by atoms with Crippen LogP contribution in [0.3, 0.4) is 0 Å². The standard InChI is InChI=1S/C25H21N3O2S/c29-24(27-18-19-10-3-1-4-11-19)23(22-15-9-17-31-22)28(20-12-5-2-6-13-20)25(30)21-14-7-8-16-26-21/h1-17,23H,18H2,(H,27,29). The van der Waals surface area contributed by atoms with Crippen LogP contribution in [0.2, 0.25) is 0 Å². The zero-order chi connectivity index (χ0) is 21.5. The highest BCUT2D eigenvalue weighted by Crippen LogP contribution is 2.31. The number of nitrogens with zero attached hydrogens (tertiary/aromatic N) is 2. The van der Waals surface area contributed by atoms with Crippen LogP contribution in [0, 0.1) is 0 Å².